The fourth-order valence-electron chi connectivity index (χ4n) is 2.51. The van der Waals surface area contributed by atoms with Crippen molar-refractivity contribution in [3.63, 3.8) is 0 Å². The van der Waals surface area contributed by atoms with Crippen molar-refractivity contribution >= 4 is 34.8 Å². The van der Waals surface area contributed by atoms with E-state index in [0.717, 1.165) is 5.56 Å². The van der Waals surface area contributed by atoms with Crippen LogP contribution in [0, 0.1) is 0 Å². The number of nitrogens with two attached hydrogens (primary N) is 1. The van der Waals surface area contributed by atoms with Gasteiger partial charge in [0.1, 0.15) is 0 Å². The maximum Gasteiger partial charge on any atom is 0.246 e. The Hall–Kier alpha value is -2.57. The normalized spacial score (nSPS) is 18.4. The van der Waals surface area contributed by atoms with Crippen molar-refractivity contribution in [2.75, 3.05) is 29.0 Å². The van der Waals surface area contributed by atoms with Crippen LogP contribution in [0.5, 0.6) is 0 Å². The third-order valence-electron chi connectivity index (χ3n) is 3.44. The molecule has 0 bridgehead atoms. The Labute approximate surface area is 115 Å². The molecule has 1 saturated heterocycles. The summed E-state index contributed by atoms with van der Waals surface area (Å²) >= 11 is 0. The number of nitrogen functional groups attached to an aromatic ring is 1. The number of hydrogen-bond donors (Lipinski definition) is 3. The van der Waals surface area contributed by atoms with Gasteiger partial charge in [-0.15, -0.1) is 0 Å². The van der Waals surface area contributed by atoms with Crippen LogP contribution in [0.3, 0.4) is 0 Å². The number of carbonyl (C=O) groups is 3. The molecule has 0 aromatic heterocycles. The molecule has 3 rings (SSSR count). The van der Waals surface area contributed by atoms with Gasteiger partial charge in [-0.25, -0.2) is 0 Å². The molecule has 1 fully saturated rings. The smallest absolute Gasteiger partial charge is 0.246 e. The number of nitrogens with one attached hydrogen (secondary N) is 2. The summed E-state index contributed by atoms with van der Waals surface area (Å²) in [6, 6.07) is 3.52. The highest BCUT2D eigenvalue weighted by Crippen LogP contribution is 2.33. The predicted octanol–water partition coefficient (Wildman–Crippen LogP) is -0.384. The number of hydrogen-bond acceptors (Lipinski definition) is 5. The molecule has 3 amide bonds. The van der Waals surface area contributed by atoms with Crippen LogP contribution in [-0.4, -0.2) is 30.8 Å². The number of imide groups is 1. The van der Waals surface area contributed by atoms with Gasteiger partial charge >= 0.3 is 0 Å². The molecule has 0 saturated carbocycles. The van der Waals surface area contributed by atoms with Crippen LogP contribution in [0.15, 0.2) is 12.1 Å². The fourth-order valence-corrected chi connectivity index (χ4v) is 2.51. The molecular weight excluding hydrogens is 260 g/mol. The molecule has 1 aromatic rings. The lowest BCUT2D eigenvalue weighted by molar-refractivity contribution is -0.130. The number of piperazine rings is 1. The Morgan fingerprint density at radius 1 is 0.950 bits per heavy atom. The van der Waals surface area contributed by atoms with E-state index in [1.165, 1.54) is 0 Å². The highest BCUT2D eigenvalue weighted by molar-refractivity contribution is 6.03. The topological polar surface area (TPSA) is 105 Å². The van der Waals surface area contributed by atoms with Crippen LogP contribution >= 0.6 is 0 Å². The number of carbonyl (C=O) groups excluding carboxylic acids is 3. The second-order valence-corrected chi connectivity index (χ2v) is 4.94. The van der Waals surface area contributed by atoms with Gasteiger partial charge in [-0.05, 0) is 24.1 Å². The number of fused-ring (bicyclic) bond motifs is 1. The van der Waals surface area contributed by atoms with E-state index in [1.807, 2.05) is 6.07 Å². The lowest BCUT2D eigenvalue weighted by Gasteiger charge is -2.30. The molecule has 1 aromatic carbocycles. The summed E-state index contributed by atoms with van der Waals surface area (Å²) in [5, 5.41) is 5.01. The lowest BCUT2D eigenvalue weighted by atomic mass is 10.0. The minimum absolute atomic E-state index is 0.0304. The number of aryl methyl sites for hydroxylation is 1. The van der Waals surface area contributed by atoms with Crippen LogP contribution in [0.4, 0.5) is 17.1 Å². The average molecular weight is 274 g/mol. The van der Waals surface area contributed by atoms with Crippen molar-refractivity contribution in [1.82, 2.24) is 5.32 Å². The van der Waals surface area contributed by atoms with Gasteiger partial charge in [-0.2, -0.15) is 0 Å². The zero-order valence-corrected chi connectivity index (χ0v) is 10.7. The van der Waals surface area contributed by atoms with Crippen molar-refractivity contribution in [2.24, 2.45) is 0 Å². The maximum absolute atomic E-state index is 11.4. The number of amides is 3. The summed E-state index contributed by atoms with van der Waals surface area (Å²) in [4.78, 5) is 35.9. The van der Waals surface area contributed by atoms with E-state index in [-0.39, 0.29) is 30.8 Å². The van der Waals surface area contributed by atoms with Gasteiger partial charge in [0.2, 0.25) is 17.7 Å². The zero-order valence-electron chi connectivity index (χ0n) is 10.7. The van der Waals surface area contributed by atoms with Gasteiger partial charge in [0.05, 0.1) is 24.5 Å². The van der Waals surface area contributed by atoms with E-state index in [2.05, 4.69) is 10.6 Å². The molecule has 7 heteroatoms. The van der Waals surface area contributed by atoms with E-state index in [1.54, 1.807) is 11.0 Å². The van der Waals surface area contributed by atoms with E-state index >= 15 is 0 Å². The van der Waals surface area contributed by atoms with E-state index in [0.29, 0.717) is 29.9 Å². The van der Waals surface area contributed by atoms with Crippen molar-refractivity contribution < 1.29 is 14.4 Å². The van der Waals surface area contributed by atoms with Crippen molar-refractivity contribution in [2.45, 2.75) is 12.8 Å². The van der Waals surface area contributed by atoms with E-state index in [4.69, 9.17) is 5.73 Å². The Morgan fingerprint density at radius 3 is 2.35 bits per heavy atom. The lowest BCUT2D eigenvalue weighted by Crippen LogP contribution is -2.51. The Bertz CT molecular complexity index is 610. The highest BCUT2D eigenvalue weighted by atomic mass is 16.2. The molecule has 2 aliphatic heterocycles. The van der Waals surface area contributed by atoms with Crippen LogP contribution in [0.2, 0.25) is 0 Å². The summed E-state index contributed by atoms with van der Waals surface area (Å²) in [7, 11) is 0. The molecular formula is C13H14N4O3. The molecule has 0 aliphatic carbocycles. The predicted molar refractivity (Wildman–Crippen MR) is 73.2 cm³/mol. The van der Waals surface area contributed by atoms with Gasteiger partial charge in [0, 0.05) is 12.1 Å². The zero-order chi connectivity index (χ0) is 14.3. The molecule has 0 radical (unpaired) electrons. The van der Waals surface area contributed by atoms with Gasteiger partial charge in [-0.1, -0.05) is 0 Å². The Kier molecular flexibility index (Phi) is 2.81. The maximum atomic E-state index is 11.4. The summed E-state index contributed by atoms with van der Waals surface area (Å²) in [5.41, 5.74) is 8.74. The molecule has 0 atom stereocenters. The first kappa shape index (κ1) is 12.5. The highest BCUT2D eigenvalue weighted by Gasteiger charge is 2.25. The SMILES string of the molecule is Nc1cc2c(cc1N1CC(=O)NC(=O)C1)CCC(=O)N2. The molecule has 4 N–H and O–H groups in total. The van der Waals surface area contributed by atoms with Crippen LogP contribution in [0.1, 0.15) is 12.0 Å². The van der Waals surface area contributed by atoms with Crippen molar-refractivity contribution in [1.29, 1.82) is 0 Å². The molecule has 104 valence electrons. The quantitative estimate of drug-likeness (QED) is 0.478. The first-order valence-corrected chi connectivity index (χ1v) is 6.33. The van der Waals surface area contributed by atoms with Gasteiger partial charge in [0.25, 0.3) is 0 Å². The Balaban J connectivity index is 1.96. The summed E-state index contributed by atoms with van der Waals surface area (Å²) < 4.78 is 0. The minimum atomic E-state index is -0.341. The third kappa shape index (κ3) is 2.18. The van der Waals surface area contributed by atoms with E-state index in [9.17, 15) is 14.4 Å². The second-order valence-electron chi connectivity index (χ2n) is 4.94. The molecule has 2 aliphatic rings. The average Bonchev–Trinajstić information content (AvgIpc) is 2.36. The van der Waals surface area contributed by atoms with Gasteiger partial charge in [0.15, 0.2) is 0 Å². The molecule has 20 heavy (non-hydrogen) atoms. The first-order chi connectivity index (χ1) is 9.52. The fraction of sp³-hybridized carbons (Fsp3) is 0.308. The molecule has 0 spiro atoms. The van der Waals surface area contributed by atoms with Gasteiger partial charge < -0.3 is 16.0 Å². The van der Waals surface area contributed by atoms with Crippen molar-refractivity contribution in [3.8, 4) is 0 Å². The standard InChI is InChI=1S/C13H14N4O3/c14-8-4-9-7(1-2-11(18)15-9)3-10(8)17-5-12(19)16-13(20)6-17/h3-4H,1-2,5-6,14H2,(H,15,18)(H,16,19,20). The molecule has 0 unspecified atom stereocenters. The van der Waals surface area contributed by atoms with Crippen molar-refractivity contribution in [3.05, 3.63) is 17.7 Å². The largest absolute Gasteiger partial charge is 0.397 e. The van der Waals surface area contributed by atoms with Crippen LogP contribution in [0.25, 0.3) is 0 Å². The van der Waals surface area contributed by atoms with Crippen LogP contribution < -0.4 is 21.3 Å². The summed E-state index contributed by atoms with van der Waals surface area (Å²) in [5.74, 6) is -0.712. The summed E-state index contributed by atoms with van der Waals surface area (Å²) in [6.07, 6.45) is 1.05. The Morgan fingerprint density at radius 2 is 1.65 bits per heavy atom. The number of anilines is 3. The van der Waals surface area contributed by atoms with Crippen LogP contribution in [-0.2, 0) is 20.8 Å². The minimum Gasteiger partial charge on any atom is -0.397 e. The monoisotopic (exact) mass is 274 g/mol. The molecule has 7 nitrogen and oxygen atoms in total. The number of rotatable bonds is 1. The summed E-state index contributed by atoms with van der Waals surface area (Å²) in [6.45, 7) is 0.197. The second kappa shape index (κ2) is 4.52. The van der Waals surface area contributed by atoms with E-state index < -0.39 is 0 Å². The first-order valence-electron chi connectivity index (χ1n) is 6.33. The number of nitrogens with zero attached hydrogens (tertiary/aromatic N) is 1. The van der Waals surface area contributed by atoms with Gasteiger partial charge in [-0.3, -0.25) is 19.7 Å². The number of benzene rings is 1. The molecule has 2 heterocycles. The third-order valence-corrected chi connectivity index (χ3v) is 3.44.